The van der Waals surface area contributed by atoms with Crippen LogP contribution >= 0.6 is 0 Å². The maximum atomic E-state index is 13.2. The van der Waals surface area contributed by atoms with Crippen LogP contribution in [0.1, 0.15) is 29.7 Å². The van der Waals surface area contributed by atoms with Crippen LogP contribution in [0.3, 0.4) is 0 Å². The Labute approximate surface area is 213 Å². The van der Waals surface area contributed by atoms with E-state index < -0.39 is 0 Å². The number of anilines is 1. The van der Waals surface area contributed by atoms with Crippen molar-refractivity contribution >= 4 is 38.3 Å². The number of aryl methyl sites for hydroxylation is 1. The van der Waals surface area contributed by atoms with Crippen molar-refractivity contribution in [3.63, 3.8) is 0 Å². The standard InChI is InChI=1S/C27H30B2N6O/c1-17-12-18(9-10-30-17)25-22-13-19-15-35(26(36)31-23(19)14-24(22)32-33-25)21-8-5-11-34(16-21)27(28,29)20-6-3-2-4-7-20/h2-4,6-7,9-10,12-14,21H,5,8,11,15-16,28-29H2,1H3,(H,31,36)(H,32,33)/t21-/m1/s1. The average Bonchev–Trinajstić information content (AvgIpc) is 3.30. The smallest absolute Gasteiger partial charge is 0.316 e. The minimum Gasteiger partial charge on any atom is -0.316 e. The van der Waals surface area contributed by atoms with E-state index in [9.17, 15) is 4.79 Å². The Morgan fingerprint density at radius 2 is 1.94 bits per heavy atom. The monoisotopic (exact) mass is 476 g/mol. The first-order valence-corrected chi connectivity index (χ1v) is 12.7. The Hall–Kier alpha value is -3.58. The number of nitrogens with zero attached hydrogens (tertiary/aromatic N) is 4. The molecule has 1 atom stereocenters. The molecule has 0 radical (unpaired) electrons. The third kappa shape index (κ3) is 3.97. The van der Waals surface area contributed by atoms with Crippen LogP contribution in [0.2, 0.25) is 0 Å². The fourth-order valence-corrected chi connectivity index (χ4v) is 5.75. The quantitative estimate of drug-likeness (QED) is 0.445. The van der Waals surface area contributed by atoms with E-state index >= 15 is 0 Å². The van der Waals surface area contributed by atoms with E-state index in [1.54, 1.807) is 0 Å². The molecule has 36 heavy (non-hydrogen) atoms. The van der Waals surface area contributed by atoms with E-state index in [4.69, 9.17) is 0 Å². The highest BCUT2D eigenvalue weighted by molar-refractivity contribution is 6.39. The average molecular weight is 476 g/mol. The summed E-state index contributed by atoms with van der Waals surface area (Å²) >= 11 is 0. The van der Waals surface area contributed by atoms with Crippen molar-refractivity contribution in [1.29, 1.82) is 0 Å². The Balaban J connectivity index is 1.28. The number of fused-ring (bicyclic) bond motifs is 2. The molecule has 2 N–H and O–H groups in total. The van der Waals surface area contributed by atoms with Crippen LogP contribution in [-0.4, -0.2) is 65.8 Å². The van der Waals surface area contributed by atoms with Gasteiger partial charge in [-0.05, 0) is 67.0 Å². The summed E-state index contributed by atoms with van der Waals surface area (Å²) in [7, 11) is 4.57. The molecule has 1 saturated heterocycles. The first kappa shape index (κ1) is 22.9. The van der Waals surface area contributed by atoms with Gasteiger partial charge in [0.25, 0.3) is 0 Å². The van der Waals surface area contributed by atoms with Gasteiger partial charge in [-0.3, -0.25) is 10.1 Å². The van der Waals surface area contributed by atoms with Crippen LogP contribution in [0.4, 0.5) is 10.5 Å². The third-order valence-electron chi connectivity index (χ3n) is 7.91. The molecule has 180 valence electrons. The zero-order chi connectivity index (χ0) is 24.9. The number of hydrogen-bond acceptors (Lipinski definition) is 4. The summed E-state index contributed by atoms with van der Waals surface area (Å²) in [6, 6.07) is 19.0. The fraction of sp³-hybridized carbons (Fsp3) is 0.296. The number of aromatic amines is 1. The van der Waals surface area contributed by atoms with Crippen LogP contribution in [0.25, 0.3) is 22.2 Å². The van der Waals surface area contributed by atoms with Crippen molar-refractivity contribution in [2.75, 3.05) is 18.4 Å². The molecule has 2 aromatic carbocycles. The van der Waals surface area contributed by atoms with Gasteiger partial charge in [0.2, 0.25) is 0 Å². The topological polar surface area (TPSA) is 77.2 Å². The van der Waals surface area contributed by atoms with Crippen LogP contribution in [-0.2, 0) is 11.9 Å². The lowest BCUT2D eigenvalue weighted by atomic mass is 9.56. The van der Waals surface area contributed by atoms with E-state index in [0.29, 0.717) is 6.54 Å². The molecule has 9 heteroatoms. The molecule has 2 amide bonds. The minimum atomic E-state index is -0.0926. The molecule has 1 fully saturated rings. The van der Waals surface area contributed by atoms with Gasteiger partial charge in [0.05, 0.1) is 5.52 Å². The number of nitrogens with one attached hydrogen (secondary N) is 2. The van der Waals surface area contributed by atoms with E-state index in [1.807, 2.05) is 36.2 Å². The summed E-state index contributed by atoms with van der Waals surface area (Å²) in [6.07, 6.45) is 3.90. The second-order valence-corrected chi connectivity index (χ2v) is 10.5. The molecule has 2 aliphatic rings. The largest absolute Gasteiger partial charge is 0.322 e. The SMILES string of the molecule is BC(B)(c1ccccc1)N1CCC[C@@H](N2Cc3cc4c(-c5ccnc(C)c5)n[nH]c4cc3NC2=O)C1. The Bertz CT molecular complexity index is 1440. The molecule has 0 aliphatic carbocycles. The van der Waals surface area contributed by atoms with Crippen molar-refractivity contribution in [2.24, 2.45) is 0 Å². The van der Waals surface area contributed by atoms with Crippen molar-refractivity contribution in [3.05, 3.63) is 77.6 Å². The fourth-order valence-electron chi connectivity index (χ4n) is 5.75. The number of amides is 2. The molecular weight excluding hydrogens is 446 g/mol. The summed E-state index contributed by atoms with van der Waals surface area (Å²) in [6.45, 7) is 4.48. The lowest BCUT2D eigenvalue weighted by Crippen LogP contribution is -2.58. The van der Waals surface area contributed by atoms with Crippen LogP contribution in [0, 0.1) is 6.92 Å². The van der Waals surface area contributed by atoms with Gasteiger partial charge in [0.15, 0.2) is 0 Å². The number of H-pyrrole nitrogens is 1. The number of likely N-dealkylation sites (tertiary alicyclic amines) is 1. The van der Waals surface area contributed by atoms with Crippen molar-refractivity contribution in [3.8, 4) is 11.3 Å². The number of hydrogen-bond donors (Lipinski definition) is 2. The minimum absolute atomic E-state index is 0.0179. The zero-order valence-corrected chi connectivity index (χ0v) is 21.1. The molecule has 7 nitrogen and oxygen atoms in total. The summed E-state index contributed by atoms with van der Waals surface area (Å²) in [4.78, 5) is 22.1. The molecule has 0 saturated carbocycles. The second-order valence-electron chi connectivity index (χ2n) is 10.5. The Morgan fingerprint density at radius 1 is 1.11 bits per heavy atom. The molecule has 2 aromatic heterocycles. The number of carbonyl (C=O) groups is 1. The zero-order valence-electron chi connectivity index (χ0n) is 21.1. The summed E-state index contributed by atoms with van der Waals surface area (Å²) in [5.74, 6) is 0. The van der Waals surface area contributed by atoms with Crippen molar-refractivity contribution < 1.29 is 4.79 Å². The highest BCUT2D eigenvalue weighted by atomic mass is 16.2. The molecule has 6 rings (SSSR count). The number of carbonyl (C=O) groups excluding carboxylic acids is 1. The predicted molar refractivity (Wildman–Crippen MR) is 148 cm³/mol. The highest BCUT2D eigenvalue weighted by Gasteiger charge is 2.37. The molecular formula is C27H30B2N6O. The number of pyridine rings is 1. The number of aromatic nitrogens is 3. The Morgan fingerprint density at radius 3 is 2.75 bits per heavy atom. The number of piperidine rings is 1. The number of rotatable bonds is 4. The van der Waals surface area contributed by atoms with Gasteiger partial charge in [-0.2, -0.15) is 5.10 Å². The maximum absolute atomic E-state index is 13.2. The molecule has 0 unspecified atom stereocenters. The first-order chi connectivity index (χ1) is 17.4. The second kappa shape index (κ2) is 8.82. The van der Waals surface area contributed by atoms with E-state index in [0.717, 1.165) is 65.0 Å². The van der Waals surface area contributed by atoms with Crippen LogP contribution < -0.4 is 5.32 Å². The van der Waals surface area contributed by atoms with Gasteiger partial charge in [0, 0.05) is 47.7 Å². The van der Waals surface area contributed by atoms with Gasteiger partial charge < -0.3 is 15.1 Å². The molecule has 0 spiro atoms. The van der Waals surface area contributed by atoms with Gasteiger partial charge in [-0.1, -0.05) is 30.3 Å². The maximum Gasteiger partial charge on any atom is 0.322 e. The van der Waals surface area contributed by atoms with Crippen LogP contribution in [0.5, 0.6) is 0 Å². The summed E-state index contributed by atoms with van der Waals surface area (Å²) in [5.41, 5.74) is 7.12. The molecule has 4 heterocycles. The van der Waals surface area contributed by atoms with Gasteiger partial charge in [0.1, 0.15) is 21.4 Å². The summed E-state index contributed by atoms with van der Waals surface area (Å²) in [5, 5.41) is 11.8. The number of benzene rings is 2. The van der Waals surface area contributed by atoms with E-state index in [1.165, 1.54) is 5.56 Å². The van der Waals surface area contributed by atoms with Gasteiger partial charge in [-0.15, -0.1) is 0 Å². The van der Waals surface area contributed by atoms with Gasteiger partial charge >= 0.3 is 6.03 Å². The lowest BCUT2D eigenvalue weighted by Gasteiger charge is -2.47. The highest BCUT2D eigenvalue weighted by Crippen LogP contribution is 2.35. The third-order valence-corrected chi connectivity index (χ3v) is 7.91. The number of urea groups is 1. The lowest BCUT2D eigenvalue weighted by molar-refractivity contribution is 0.0931. The normalized spacial score (nSPS) is 18.8. The van der Waals surface area contributed by atoms with Gasteiger partial charge in [-0.25, -0.2) is 4.79 Å². The molecule has 2 aliphatic heterocycles. The first-order valence-electron chi connectivity index (χ1n) is 12.7. The summed E-state index contributed by atoms with van der Waals surface area (Å²) < 4.78 is 0. The van der Waals surface area contributed by atoms with Crippen LogP contribution in [0.15, 0.2) is 60.8 Å². The van der Waals surface area contributed by atoms with Crippen molar-refractivity contribution in [1.82, 2.24) is 25.0 Å². The predicted octanol–water partition coefficient (Wildman–Crippen LogP) is 2.82. The van der Waals surface area contributed by atoms with E-state index in [-0.39, 0.29) is 17.4 Å². The van der Waals surface area contributed by atoms with E-state index in [2.05, 4.69) is 77.5 Å². The molecule has 4 aromatic rings. The molecule has 0 bridgehead atoms. The van der Waals surface area contributed by atoms with Crippen molar-refractivity contribution in [2.45, 2.75) is 37.7 Å². The Kier molecular flexibility index (Phi) is 5.60.